The Labute approximate surface area is 160 Å². The van der Waals surface area contributed by atoms with E-state index in [1.807, 2.05) is 24.3 Å². The average molecular weight is 366 g/mol. The molecule has 3 rings (SSSR count). The Morgan fingerprint density at radius 1 is 1.07 bits per heavy atom. The van der Waals surface area contributed by atoms with Gasteiger partial charge in [-0.3, -0.25) is 9.59 Å². The number of amides is 2. The number of hydrogen-bond donors (Lipinski definition) is 2. The van der Waals surface area contributed by atoms with Gasteiger partial charge in [-0.1, -0.05) is 38.1 Å². The molecule has 2 amide bonds. The Morgan fingerprint density at radius 3 is 2.52 bits per heavy atom. The molecule has 142 valence electrons. The third-order valence-corrected chi connectivity index (χ3v) is 4.73. The molecule has 27 heavy (non-hydrogen) atoms. The Morgan fingerprint density at radius 2 is 1.81 bits per heavy atom. The van der Waals surface area contributed by atoms with E-state index < -0.39 is 0 Å². The van der Waals surface area contributed by atoms with E-state index in [0.717, 1.165) is 30.7 Å². The first kappa shape index (κ1) is 19.1. The molecule has 5 nitrogen and oxygen atoms in total. The topological polar surface area (TPSA) is 67.4 Å². The Balaban J connectivity index is 1.67. The lowest BCUT2D eigenvalue weighted by Gasteiger charge is -2.14. The molecule has 1 heterocycles. The molecule has 2 aromatic carbocycles. The van der Waals surface area contributed by atoms with Gasteiger partial charge in [0.05, 0.1) is 6.10 Å². The first-order valence-corrected chi connectivity index (χ1v) is 9.44. The van der Waals surface area contributed by atoms with Crippen LogP contribution < -0.4 is 10.6 Å². The number of carbonyl (C=O) groups is 2. The van der Waals surface area contributed by atoms with Crippen molar-refractivity contribution in [3.63, 3.8) is 0 Å². The number of anilines is 1. The van der Waals surface area contributed by atoms with Crippen LogP contribution in [0.2, 0.25) is 0 Å². The van der Waals surface area contributed by atoms with E-state index in [1.54, 1.807) is 24.3 Å². The average Bonchev–Trinajstić information content (AvgIpc) is 3.20. The minimum atomic E-state index is -0.225. The van der Waals surface area contributed by atoms with Gasteiger partial charge in [-0.25, -0.2) is 0 Å². The summed E-state index contributed by atoms with van der Waals surface area (Å²) < 4.78 is 5.52. The van der Waals surface area contributed by atoms with E-state index >= 15 is 0 Å². The zero-order valence-corrected chi connectivity index (χ0v) is 15.8. The van der Waals surface area contributed by atoms with Crippen molar-refractivity contribution in [1.29, 1.82) is 0 Å². The zero-order chi connectivity index (χ0) is 19.2. The number of carbonyl (C=O) groups excluding carboxylic acids is 2. The summed E-state index contributed by atoms with van der Waals surface area (Å²) in [6.07, 6.45) is 2.10. The molecule has 2 aromatic rings. The van der Waals surface area contributed by atoms with Crippen LogP contribution >= 0.6 is 0 Å². The fraction of sp³-hybridized carbons (Fsp3) is 0.364. The number of rotatable bonds is 6. The summed E-state index contributed by atoms with van der Waals surface area (Å²) in [4.78, 5) is 25.0. The van der Waals surface area contributed by atoms with Crippen LogP contribution in [-0.4, -0.2) is 31.1 Å². The van der Waals surface area contributed by atoms with Crippen molar-refractivity contribution >= 4 is 17.5 Å². The molecule has 1 fully saturated rings. The molecule has 1 aliphatic heterocycles. The number of benzene rings is 2. The van der Waals surface area contributed by atoms with Crippen LogP contribution in [0, 0.1) is 0 Å². The van der Waals surface area contributed by atoms with Crippen LogP contribution in [0.3, 0.4) is 0 Å². The largest absolute Gasteiger partial charge is 0.376 e. The lowest BCUT2D eigenvalue weighted by Crippen LogP contribution is -2.31. The summed E-state index contributed by atoms with van der Waals surface area (Å²) in [5.74, 6) is -0.115. The molecule has 0 radical (unpaired) electrons. The number of nitrogens with one attached hydrogen (secondary N) is 2. The second-order valence-electron chi connectivity index (χ2n) is 7.12. The minimum Gasteiger partial charge on any atom is -0.376 e. The third-order valence-electron chi connectivity index (χ3n) is 4.73. The molecule has 2 N–H and O–H groups in total. The molecule has 0 saturated carbocycles. The van der Waals surface area contributed by atoms with Crippen LogP contribution in [-0.2, 0) is 4.74 Å². The van der Waals surface area contributed by atoms with Crippen LogP contribution in [0.25, 0.3) is 0 Å². The van der Waals surface area contributed by atoms with E-state index in [2.05, 4.69) is 24.5 Å². The van der Waals surface area contributed by atoms with Crippen molar-refractivity contribution < 1.29 is 14.3 Å². The third kappa shape index (κ3) is 4.95. The monoisotopic (exact) mass is 366 g/mol. The highest BCUT2D eigenvalue weighted by atomic mass is 16.5. The predicted molar refractivity (Wildman–Crippen MR) is 106 cm³/mol. The molecule has 1 unspecified atom stereocenters. The van der Waals surface area contributed by atoms with Gasteiger partial charge in [0.2, 0.25) is 0 Å². The smallest absolute Gasteiger partial charge is 0.255 e. The quantitative estimate of drug-likeness (QED) is 0.813. The van der Waals surface area contributed by atoms with Crippen LogP contribution in [0.15, 0.2) is 48.5 Å². The van der Waals surface area contributed by atoms with E-state index in [0.29, 0.717) is 23.6 Å². The first-order valence-electron chi connectivity index (χ1n) is 9.44. The highest BCUT2D eigenvalue weighted by molar-refractivity contribution is 6.06. The Hall–Kier alpha value is -2.66. The minimum absolute atomic E-state index is 0.0907. The molecular weight excluding hydrogens is 340 g/mol. The second-order valence-corrected chi connectivity index (χ2v) is 7.12. The van der Waals surface area contributed by atoms with Crippen LogP contribution in [0.1, 0.15) is 58.9 Å². The molecule has 0 spiro atoms. The Kier molecular flexibility index (Phi) is 6.24. The predicted octanol–water partition coefficient (Wildman–Crippen LogP) is 3.97. The fourth-order valence-corrected chi connectivity index (χ4v) is 3.22. The van der Waals surface area contributed by atoms with E-state index in [1.165, 1.54) is 0 Å². The highest BCUT2D eigenvalue weighted by Crippen LogP contribution is 2.24. The highest BCUT2D eigenvalue weighted by Gasteiger charge is 2.17. The van der Waals surface area contributed by atoms with Crippen molar-refractivity contribution in [2.24, 2.45) is 0 Å². The molecule has 1 saturated heterocycles. The van der Waals surface area contributed by atoms with Crippen molar-refractivity contribution in [2.45, 2.75) is 38.7 Å². The normalized spacial score (nSPS) is 16.3. The van der Waals surface area contributed by atoms with Gasteiger partial charge in [0, 0.05) is 30.0 Å². The number of hydrogen-bond acceptors (Lipinski definition) is 3. The molecule has 1 aliphatic rings. The van der Waals surface area contributed by atoms with Crippen LogP contribution in [0.5, 0.6) is 0 Å². The molecule has 5 heteroatoms. The Bertz CT molecular complexity index is 811. The number of ether oxygens (including phenoxy) is 1. The van der Waals surface area contributed by atoms with Gasteiger partial charge in [-0.15, -0.1) is 0 Å². The lowest BCUT2D eigenvalue weighted by molar-refractivity contribution is 0.0858. The summed E-state index contributed by atoms with van der Waals surface area (Å²) >= 11 is 0. The van der Waals surface area contributed by atoms with Crippen molar-refractivity contribution in [1.82, 2.24) is 5.32 Å². The fourth-order valence-electron chi connectivity index (χ4n) is 3.22. The lowest BCUT2D eigenvalue weighted by atomic mass is 10.0. The molecule has 0 aromatic heterocycles. The van der Waals surface area contributed by atoms with Crippen LogP contribution in [0.4, 0.5) is 5.69 Å². The summed E-state index contributed by atoms with van der Waals surface area (Å²) in [5.41, 5.74) is 2.80. The zero-order valence-electron chi connectivity index (χ0n) is 15.8. The molecule has 0 aliphatic carbocycles. The van der Waals surface area contributed by atoms with Gasteiger partial charge in [-0.2, -0.15) is 0 Å². The van der Waals surface area contributed by atoms with E-state index in [4.69, 9.17) is 4.74 Å². The van der Waals surface area contributed by atoms with E-state index in [9.17, 15) is 9.59 Å². The van der Waals surface area contributed by atoms with Gasteiger partial charge in [0.15, 0.2) is 0 Å². The SMILES string of the molecule is CC(C)c1ccccc1NC(=O)c1cccc(C(=O)NCC2CCCO2)c1. The summed E-state index contributed by atoms with van der Waals surface area (Å²) in [6.45, 7) is 5.43. The maximum atomic E-state index is 12.7. The van der Waals surface area contributed by atoms with Gasteiger partial charge >= 0.3 is 0 Å². The van der Waals surface area contributed by atoms with E-state index in [-0.39, 0.29) is 17.9 Å². The maximum Gasteiger partial charge on any atom is 0.255 e. The van der Waals surface area contributed by atoms with Gasteiger partial charge in [0.25, 0.3) is 11.8 Å². The maximum absolute atomic E-state index is 12.7. The summed E-state index contributed by atoms with van der Waals surface area (Å²) in [6, 6.07) is 14.5. The second kappa shape index (κ2) is 8.82. The van der Waals surface area contributed by atoms with Gasteiger partial charge in [0.1, 0.15) is 0 Å². The summed E-state index contributed by atoms with van der Waals surface area (Å²) in [7, 11) is 0. The molecular formula is C22H26N2O3. The molecule has 1 atom stereocenters. The van der Waals surface area contributed by atoms with Gasteiger partial charge in [-0.05, 0) is 48.6 Å². The molecule has 0 bridgehead atoms. The summed E-state index contributed by atoms with van der Waals surface area (Å²) in [5, 5.41) is 5.85. The first-order chi connectivity index (χ1) is 13.0. The van der Waals surface area contributed by atoms with Crippen molar-refractivity contribution in [3.05, 3.63) is 65.2 Å². The number of para-hydroxylation sites is 1. The van der Waals surface area contributed by atoms with Gasteiger partial charge < -0.3 is 15.4 Å². The van der Waals surface area contributed by atoms with Crippen molar-refractivity contribution in [3.8, 4) is 0 Å². The van der Waals surface area contributed by atoms with Crippen molar-refractivity contribution in [2.75, 3.05) is 18.5 Å². The standard InChI is InChI=1S/C22H26N2O3/c1-15(2)19-10-3-4-11-20(19)24-22(26)17-8-5-7-16(13-17)21(25)23-14-18-9-6-12-27-18/h3-5,7-8,10-11,13,15,18H,6,9,12,14H2,1-2H3,(H,23,25)(H,24,26).